The number of rotatable bonds is 3. The van der Waals surface area contributed by atoms with Crippen molar-refractivity contribution >= 4 is 21.8 Å². The van der Waals surface area contributed by atoms with E-state index in [0.717, 1.165) is 4.47 Å². The van der Waals surface area contributed by atoms with Gasteiger partial charge < -0.3 is 5.32 Å². The normalized spacial score (nSPS) is 10.4. The lowest BCUT2D eigenvalue weighted by molar-refractivity contribution is 0.0957. The molecule has 0 spiro atoms. The monoisotopic (exact) mass is 254 g/mol. The topological polar surface area (TPSA) is 42.0 Å². The van der Waals surface area contributed by atoms with Gasteiger partial charge in [0.2, 0.25) is 0 Å². The third kappa shape index (κ3) is 3.30. The van der Waals surface area contributed by atoms with E-state index < -0.39 is 0 Å². The number of nitrogens with one attached hydrogen (secondary N) is 1. The van der Waals surface area contributed by atoms with Crippen molar-refractivity contribution in [1.29, 1.82) is 0 Å². The van der Waals surface area contributed by atoms with Crippen LogP contribution >= 0.6 is 15.9 Å². The van der Waals surface area contributed by atoms with Crippen LogP contribution in [0.3, 0.4) is 0 Å². The van der Waals surface area contributed by atoms with Gasteiger partial charge in [-0.2, -0.15) is 0 Å². The van der Waals surface area contributed by atoms with E-state index in [1.165, 1.54) is 6.20 Å². The Kier molecular flexibility index (Phi) is 4.32. The largest absolute Gasteiger partial charge is 0.349 e. The minimum absolute atomic E-state index is 0.114. The smallest absolute Gasteiger partial charge is 0.253 e. The first-order chi connectivity index (χ1) is 6.74. The van der Waals surface area contributed by atoms with Crippen molar-refractivity contribution in [3.63, 3.8) is 0 Å². The zero-order valence-electron chi connectivity index (χ0n) is 7.83. The number of hydrogen-bond acceptors (Lipinski definition) is 2. The maximum atomic E-state index is 11.5. The second kappa shape index (κ2) is 5.54. The Morgan fingerprint density at radius 1 is 1.64 bits per heavy atom. The summed E-state index contributed by atoms with van der Waals surface area (Å²) < 4.78 is 0.802. The lowest BCUT2D eigenvalue weighted by atomic mass is 10.3. The van der Waals surface area contributed by atoms with Gasteiger partial charge in [-0.3, -0.25) is 9.78 Å². The summed E-state index contributed by atoms with van der Waals surface area (Å²) in [5.41, 5.74) is 0.559. The molecule has 3 nitrogen and oxygen atoms in total. The number of nitrogens with zero attached hydrogens (tertiary/aromatic N) is 1. The molecule has 1 heterocycles. The third-order valence-corrected chi connectivity index (χ3v) is 2.02. The number of pyridine rings is 1. The second-order valence-electron chi connectivity index (χ2n) is 2.67. The molecule has 1 amide bonds. The van der Waals surface area contributed by atoms with Gasteiger partial charge in [-0.1, -0.05) is 12.2 Å². The minimum atomic E-state index is -0.114. The average Bonchev–Trinajstić information content (AvgIpc) is 2.18. The molecule has 0 bridgehead atoms. The van der Waals surface area contributed by atoms with Gasteiger partial charge in [0.05, 0.1) is 5.56 Å². The van der Waals surface area contributed by atoms with E-state index in [4.69, 9.17) is 0 Å². The van der Waals surface area contributed by atoms with Gasteiger partial charge in [-0.25, -0.2) is 0 Å². The Balaban J connectivity index is 2.60. The first kappa shape index (κ1) is 10.9. The van der Waals surface area contributed by atoms with Gasteiger partial charge in [-0.15, -0.1) is 0 Å². The van der Waals surface area contributed by atoms with Gasteiger partial charge in [0, 0.05) is 23.4 Å². The lowest BCUT2D eigenvalue weighted by Gasteiger charge is -2.01. The fraction of sp³-hybridized carbons (Fsp3) is 0.200. The quantitative estimate of drug-likeness (QED) is 0.841. The molecule has 1 aromatic heterocycles. The summed E-state index contributed by atoms with van der Waals surface area (Å²) in [5, 5.41) is 2.74. The molecule has 1 aromatic rings. The molecule has 0 aliphatic carbocycles. The van der Waals surface area contributed by atoms with Crippen molar-refractivity contribution in [2.24, 2.45) is 0 Å². The van der Waals surface area contributed by atoms with Crippen LogP contribution in [-0.4, -0.2) is 17.4 Å². The van der Waals surface area contributed by atoms with Crippen LogP contribution in [0.25, 0.3) is 0 Å². The minimum Gasteiger partial charge on any atom is -0.349 e. The third-order valence-electron chi connectivity index (χ3n) is 1.58. The standard InChI is InChI=1S/C10H11BrN2O/c1-2-3-4-13-10(14)8-5-9(11)7-12-6-8/h2-3,5-7H,4H2,1H3,(H,13,14)/b3-2+. The van der Waals surface area contributed by atoms with Gasteiger partial charge in [-0.05, 0) is 28.9 Å². The molecule has 0 aromatic carbocycles. The number of allylic oxidation sites excluding steroid dienone is 1. The van der Waals surface area contributed by atoms with Crippen LogP contribution in [0.2, 0.25) is 0 Å². The predicted molar refractivity (Wildman–Crippen MR) is 59.1 cm³/mol. The summed E-state index contributed by atoms with van der Waals surface area (Å²) in [4.78, 5) is 15.4. The molecule has 0 atom stereocenters. The molecule has 0 fully saturated rings. The number of hydrogen-bond donors (Lipinski definition) is 1. The van der Waals surface area contributed by atoms with Crippen LogP contribution in [0.4, 0.5) is 0 Å². The molecular formula is C10H11BrN2O. The summed E-state index contributed by atoms with van der Waals surface area (Å²) in [6.07, 6.45) is 6.95. The summed E-state index contributed by atoms with van der Waals surface area (Å²) >= 11 is 3.26. The number of aromatic nitrogens is 1. The number of amides is 1. The van der Waals surface area contributed by atoms with Crippen molar-refractivity contribution < 1.29 is 4.79 Å². The van der Waals surface area contributed by atoms with Crippen molar-refractivity contribution in [3.8, 4) is 0 Å². The van der Waals surface area contributed by atoms with E-state index >= 15 is 0 Å². The molecule has 0 unspecified atom stereocenters. The highest BCUT2D eigenvalue weighted by Crippen LogP contribution is 2.08. The van der Waals surface area contributed by atoms with Crippen LogP contribution in [0.15, 0.2) is 35.1 Å². The predicted octanol–water partition coefficient (Wildman–Crippen LogP) is 2.15. The molecule has 0 saturated heterocycles. The van der Waals surface area contributed by atoms with E-state index in [2.05, 4.69) is 26.2 Å². The van der Waals surface area contributed by atoms with Crippen LogP contribution in [0, 0.1) is 0 Å². The molecule has 1 rings (SSSR count). The molecule has 1 N–H and O–H groups in total. The molecule has 4 heteroatoms. The molecule has 0 saturated carbocycles. The van der Waals surface area contributed by atoms with E-state index in [1.807, 2.05) is 19.1 Å². The highest BCUT2D eigenvalue weighted by molar-refractivity contribution is 9.10. The zero-order chi connectivity index (χ0) is 10.4. The first-order valence-corrected chi connectivity index (χ1v) is 5.03. The van der Waals surface area contributed by atoms with E-state index in [1.54, 1.807) is 12.3 Å². The van der Waals surface area contributed by atoms with Crippen molar-refractivity contribution in [3.05, 3.63) is 40.6 Å². The fourth-order valence-corrected chi connectivity index (χ4v) is 1.27. The Hall–Kier alpha value is -1.16. The zero-order valence-corrected chi connectivity index (χ0v) is 9.41. The summed E-state index contributed by atoms with van der Waals surface area (Å²) in [6.45, 7) is 2.45. The van der Waals surface area contributed by atoms with Crippen molar-refractivity contribution in [2.45, 2.75) is 6.92 Å². The lowest BCUT2D eigenvalue weighted by Crippen LogP contribution is -2.23. The van der Waals surface area contributed by atoms with Crippen LogP contribution < -0.4 is 5.32 Å². The van der Waals surface area contributed by atoms with Crippen molar-refractivity contribution in [1.82, 2.24) is 10.3 Å². The van der Waals surface area contributed by atoms with Crippen LogP contribution in [0.1, 0.15) is 17.3 Å². The Bertz CT molecular complexity index is 350. The Morgan fingerprint density at radius 3 is 3.07 bits per heavy atom. The fourth-order valence-electron chi connectivity index (χ4n) is 0.908. The number of halogens is 1. The summed E-state index contributed by atoms with van der Waals surface area (Å²) in [7, 11) is 0. The van der Waals surface area contributed by atoms with Gasteiger partial charge in [0.25, 0.3) is 5.91 Å². The van der Waals surface area contributed by atoms with Crippen LogP contribution in [-0.2, 0) is 0 Å². The second-order valence-corrected chi connectivity index (χ2v) is 3.59. The van der Waals surface area contributed by atoms with Gasteiger partial charge in [0.1, 0.15) is 0 Å². The molecule has 0 aliphatic rings. The molecule has 0 radical (unpaired) electrons. The highest BCUT2D eigenvalue weighted by Gasteiger charge is 2.03. The van der Waals surface area contributed by atoms with Crippen molar-refractivity contribution in [2.75, 3.05) is 6.54 Å². The van der Waals surface area contributed by atoms with Crippen LogP contribution in [0.5, 0.6) is 0 Å². The Morgan fingerprint density at radius 2 is 2.43 bits per heavy atom. The van der Waals surface area contributed by atoms with Gasteiger partial charge >= 0.3 is 0 Å². The van der Waals surface area contributed by atoms with E-state index in [9.17, 15) is 4.79 Å². The molecular weight excluding hydrogens is 244 g/mol. The SMILES string of the molecule is C/C=C/CNC(=O)c1cncc(Br)c1. The average molecular weight is 255 g/mol. The molecule has 74 valence electrons. The number of carbonyl (C=O) groups excluding carboxylic acids is 1. The van der Waals surface area contributed by atoms with E-state index in [-0.39, 0.29) is 5.91 Å². The summed E-state index contributed by atoms with van der Waals surface area (Å²) in [6, 6.07) is 1.73. The molecule has 14 heavy (non-hydrogen) atoms. The maximum absolute atomic E-state index is 11.5. The highest BCUT2D eigenvalue weighted by atomic mass is 79.9. The first-order valence-electron chi connectivity index (χ1n) is 4.24. The Labute approximate surface area is 91.4 Å². The summed E-state index contributed by atoms with van der Waals surface area (Å²) in [5.74, 6) is -0.114. The number of carbonyl (C=O) groups is 1. The van der Waals surface area contributed by atoms with E-state index in [0.29, 0.717) is 12.1 Å². The maximum Gasteiger partial charge on any atom is 0.253 e. The molecule has 0 aliphatic heterocycles. The van der Waals surface area contributed by atoms with Gasteiger partial charge in [0.15, 0.2) is 0 Å².